The summed E-state index contributed by atoms with van der Waals surface area (Å²) in [5, 5.41) is 2.97. The second-order valence-electron chi connectivity index (χ2n) is 7.30. The first kappa shape index (κ1) is 19.4. The second-order valence-corrected chi connectivity index (χ2v) is 9.56. The van der Waals surface area contributed by atoms with Crippen LogP contribution in [-0.4, -0.2) is 36.7 Å². The van der Waals surface area contributed by atoms with Crippen LogP contribution in [0.1, 0.15) is 30.4 Å². The molecule has 8 heteroatoms. The number of aromatic nitrogens is 1. The van der Waals surface area contributed by atoms with Crippen molar-refractivity contribution in [2.24, 2.45) is 5.92 Å². The lowest BCUT2D eigenvalue weighted by Gasteiger charge is -2.30. The monoisotopic (exact) mass is 419 g/mol. The van der Waals surface area contributed by atoms with Gasteiger partial charge in [-0.25, -0.2) is 13.4 Å². The van der Waals surface area contributed by atoms with Gasteiger partial charge in [-0.3, -0.25) is 4.79 Å². The lowest BCUT2D eigenvalue weighted by Crippen LogP contribution is -2.41. The molecule has 1 amide bonds. The van der Waals surface area contributed by atoms with Gasteiger partial charge in [-0.05, 0) is 67.5 Å². The van der Waals surface area contributed by atoms with Gasteiger partial charge in [-0.15, -0.1) is 0 Å². The zero-order chi connectivity index (χ0) is 19.7. The van der Waals surface area contributed by atoms with E-state index in [-0.39, 0.29) is 35.0 Å². The van der Waals surface area contributed by atoms with Crippen LogP contribution in [0.25, 0.3) is 0 Å². The van der Waals surface area contributed by atoms with E-state index in [0.717, 1.165) is 18.5 Å². The molecular formula is C20H22ClN3O3S. The van der Waals surface area contributed by atoms with Crippen LogP contribution >= 0.6 is 11.6 Å². The highest BCUT2D eigenvalue weighted by atomic mass is 35.5. The number of carbonyl (C=O) groups excluding carboxylic acids is 1. The number of benzene rings is 1. The van der Waals surface area contributed by atoms with Gasteiger partial charge in [0.15, 0.2) is 0 Å². The summed E-state index contributed by atoms with van der Waals surface area (Å²) in [6, 6.07) is 9.11. The molecule has 148 valence electrons. The Morgan fingerprint density at radius 1 is 1.14 bits per heavy atom. The summed E-state index contributed by atoms with van der Waals surface area (Å²) in [5.41, 5.74) is 3.50. The molecule has 1 aliphatic carbocycles. The van der Waals surface area contributed by atoms with E-state index in [1.807, 2.05) is 6.07 Å². The number of pyridine rings is 1. The molecule has 0 saturated carbocycles. The number of halogens is 1. The highest BCUT2D eigenvalue weighted by Crippen LogP contribution is 2.29. The molecular weight excluding hydrogens is 398 g/mol. The normalized spacial score (nSPS) is 18.0. The van der Waals surface area contributed by atoms with Crippen LogP contribution in [-0.2, 0) is 27.7 Å². The van der Waals surface area contributed by atoms with E-state index < -0.39 is 10.0 Å². The van der Waals surface area contributed by atoms with Crippen LogP contribution in [0.3, 0.4) is 0 Å². The van der Waals surface area contributed by atoms with Gasteiger partial charge in [0.2, 0.25) is 15.9 Å². The summed E-state index contributed by atoms with van der Waals surface area (Å²) in [6.45, 7) is 0.575. The summed E-state index contributed by atoms with van der Waals surface area (Å²) >= 11 is 5.96. The fourth-order valence-electron chi connectivity index (χ4n) is 3.96. The fraction of sp³-hybridized carbons (Fsp3) is 0.400. The number of nitrogens with zero attached hydrogens (tertiary/aromatic N) is 2. The van der Waals surface area contributed by atoms with Crippen molar-refractivity contribution in [3.8, 4) is 0 Å². The molecule has 2 aromatic rings. The predicted octanol–water partition coefficient (Wildman–Crippen LogP) is 3.26. The van der Waals surface area contributed by atoms with Crippen molar-refractivity contribution in [3.05, 3.63) is 52.8 Å². The third kappa shape index (κ3) is 3.79. The first-order chi connectivity index (χ1) is 13.4. The molecule has 1 N–H and O–H groups in total. The van der Waals surface area contributed by atoms with Crippen molar-refractivity contribution in [2.45, 2.75) is 37.0 Å². The number of anilines is 1. The van der Waals surface area contributed by atoms with E-state index in [2.05, 4.69) is 22.4 Å². The van der Waals surface area contributed by atoms with Crippen LogP contribution in [0.5, 0.6) is 0 Å². The van der Waals surface area contributed by atoms with Gasteiger partial charge in [0, 0.05) is 30.9 Å². The molecule has 0 bridgehead atoms. The number of piperidine rings is 1. The van der Waals surface area contributed by atoms with E-state index in [0.29, 0.717) is 12.8 Å². The molecule has 1 saturated heterocycles. The van der Waals surface area contributed by atoms with Crippen molar-refractivity contribution in [2.75, 3.05) is 18.4 Å². The zero-order valence-electron chi connectivity index (χ0n) is 15.4. The van der Waals surface area contributed by atoms with Crippen molar-refractivity contribution in [3.63, 3.8) is 0 Å². The molecule has 0 atom stereocenters. The van der Waals surface area contributed by atoms with Crippen molar-refractivity contribution < 1.29 is 13.2 Å². The van der Waals surface area contributed by atoms with E-state index in [1.165, 1.54) is 34.1 Å². The standard InChI is InChI=1S/C20H22ClN3O3S/c21-19-18(5-2-10-22-19)28(26,27)24-11-8-15(9-12-24)20(25)23-17-7-6-14-3-1-4-16(14)13-17/h2,5-7,10,13,15H,1,3-4,8-9,11-12H2,(H,23,25). The Kier molecular flexibility index (Phi) is 5.40. The van der Waals surface area contributed by atoms with Gasteiger partial charge in [0.1, 0.15) is 10.0 Å². The number of rotatable bonds is 4. The number of amides is 1. The maximum absolute atomic E-state index is 12.8. The number of fused-ring (bicyclic) bond motifs is 1. The number of hydrogen-bond donors (Lipinski definition) is 1. The molecule has 2 heterocycles. The largest absolute Gasteiger partial charge is 0.326 e. The third-order valence-electron chi connectivity index (χ3n) is 5.53. The summed E-state index contributed by atoms with van der Waals surface area (Å²) < 4.78 is 27.0. The number of aryl methyl sites for hydroxylation is 2. The number of hydrogen-bond acceptors (Lipinski definition) is 4. The lowest BCUT2D eigenvalue weighted by molar-refractivity contribution is -0.120. The highest BCUT2D eigenvalue weighted by Gasteiger charge is 2.33. The molecule has 0 spiro atoms. The Balaban J connectivity index is 1.38. The molecule has 1 fully saturated rings. The van der Waals surface area contributed by atoms with E-state index in [1.54, 1.807) is 6.07 Å². The average Bonchev–Trinajstić information content (AvgIpc) is 3.16. The van der Waals surface area contributed by atoms with Gasteiger partial charge in [0.05, 0.1) is 0 Å². The fourth-order valence-corrected chi connectivity index (χ4v) is 5.85. The topological polar surface area (TPSA) is 79.4 Å². The Morgan fingerprint density at radius 3 is 2.64 bits per heavy atom. The lowest BCUT2D eigenvalue weighted by atomic mass is 9.97. The highest BCUT2D eigenvalue weighted by molar-refractivity contribution is 7.89. The van der Waals surface area contributed by atoms with Crippen LogP contribution in [0.15, 0.2) is 41.4 Å². The molecule has 1 aromatic carbocycles. The predicted molar refractivity (Wildman–Crippen MR) is 108 cm³/mol. The van der Waals surface area contributed by atoms with E-state index >= 15 is 0 Å². The van der Waals surface area contributed by atoms with Gasteiger partial charge in [0.25, 0.3) is 0 Å². The smallest absolute Gasteiger partial charge is 0.246 e. The number of carbonyl (C=O) groups is 1. The zero-order valence-corrected chi connectivity index (χ0v) is 17.0. The Bertz CT molecular complexity index is 1000. The first-order valence-electron chi connectivity index (χ1n) is 9.48. The SMILES string of the molecule is O=C(Nc1ccc2c(c1)CCC2)C1CCN(S(=O)(=O)c2cccnc2Cl)CC1. The Hall–Kier alpha value is -1.96. The minimum absolute atomic E-state index is 0.0118. The van der Waals surface area contributed by atoms with Crippen LogP contribution < -0.4 is 5.32 Å². The maximum Gasteiger partial charge on any atom is 0.246 e. The second kappa shape index (κ2) is 7.81. The Morgan fingerprint density at radius 2 is 1.89 bits per heavy atom. The summed E-state index contributed by atoms with van der Waals surface area (Å²) in [4.78, 5) is 16.5. The van der Waals surface area contributed by atoms with E-state index in [4.69, 9.17) is 11.6 Å². The van der Waals surface area contributed by atoms with Gasteiger partial charge < -0.3 is 5.32 Å². The quantitative estimate of drug-likeness (QED) is 0.771. The molecule has 28 heavy (non-hydrogen) atoms. The number of nitrogens with one attached hydrogen (secondary N) is 1. The van der Waals surface area contributed by atoms with Gasteiger partial charge in [-0.2, -0.15) is 4.31 Å². The van der Waals surface area contributed by atoms with Gasteiger partial charge >= 0.3 is 0 Å². The first-order valence-corrected chi connectivity index (χ1v) is 11.3. The number of sulfonamides is 1. The van der Waals surface area contributed by atoms with Gasteiger partial charge in [-0.1, -0.05) is 17.7 Å². The minimum Gasteiger partial charge on any atom is -0.326 e. The molecule has 0 radical (unpaired) electrons. The maximum atomic E-state index is 12.8. The average molecular weight is 420 g/mol. The summed E-state index contributed by atoms with van der Waals surface area (Å²) in [6.07, 6.45) is 5.75. The Labute approximate surface area is 170 Å². The molecule has 6 nitrogen and oxygen atoms in total. The van der Waals surface area contributed by atoms with Crippen LogP contribution in [0.2, 0.25) is 5.15 Å². The van der Waals surface area contributed by atoms with Crippen molar-refractivity contribution >= 4 is 33.2 Å². The molecule has 0 unspecified atom stereocenters. The van der Waals surface area contributed by atoms with Crippen LogP contribution in [0, 0.1) is 5.92 Å². The molecule has 2 aliphatic rings. The van der Waals surface area contributed by atoms with Crippen molar-refractivity contribution in [1.29, 1.82) is 0 Å². The van der Waals surface area contributed by atoms with E-state index in [9.17, 15) is 13.2 Å². The van der Waals surface area contributed by atoms with Crippen LogP contribution in [0.4, 0.5) is 5.69 Å². The van der Waals surface area contributed by atoms with Crippen molar-refractivity contribution in [1.82, 2.24) is 9.29 Å². The summed E-state index contributed by atoms with van der Waals surface area (Å²) in [7, 11) is -3.70. The summed E-state index contributed by atoms with van der Waals surface area (Å²) in [5.74, 6) is -0.251. The molecule has 1 aromatic heterocycles. The molecule has 1 aliphatic heterocycles. The molecule has 4 rings (SSSR count). The minimum atomic E-state index is -3.70. The third-order valence-corrected chi connectivity index (χ3v) is 7.88.